The van der Waals surface area contributed by atoms with Gasteiger partial charge in [0.25, 0.3) is 0 Å². The lowest BCUT2D eigenvalue weighted by Gasteiger charge is -2.10. The van der Waals surface area contributed by atoms with Crippen molar-refractivity contribution in [1.82, 2.24) is 0 Å². The molecule has 2 rings (SSSR count). The highest BCUT2D eigenvalue weighted by molar-refractivity contribution is 9.11. The van der Waals surface area contributed by atoms with Crippen molar-refractivity contribution in [3.8, 4) is 5.75 Å². The summed E-state index contributed by atoms with van der Waals surface area (Å²) in [5.41, 5.74) is 2.27. The van der Waals surface area contributed by atoms with E-state index in [1.54, 1.807) is 6.08 Å². The minimum atomic E-state index is 0.531. The molecule has 0 unspecified atom stereocenters. The van der Waals surface area contributed by atoms with Crippen molar-refractivity contribution in [3.63, 3.8) is 0 Å². The van der Waals surface area contributed by atoms with E-state index >= 15 is 0 Å². The van der Waals surface area contributed by atoms with Crippen molar-refractivity contribution in [2.24, 2.45) is 0 Å². The molecule has 0 bridgehead atoms. The van der Waals surface area contributed by atoms with E-state index in [0.29, 0.717) is 6.61 Å². The molecule has 0 aliphatic heterocycles. The Kier molecular flexibility index (Phi) is 5.68. The lowest BCUT2D eigenvalue weighted by atomic mass is 10.2. The lowest BCUT2D eigenvalue weighted by Crippen LogP contribution is -2.00. The number of benzene rings is 2. The molecular formula is C16H15Br2NO. The van der Waals surface area contributed by atoms with Crippen LogP contribution in [-0.2, 0) is 6.54 Å². The molecule has 0 spiro atoms. The Bertz CT molecular complexity index is 582. The Hall–Kier alpha value is -1.26. The summed E-state index contributed by atoms with van der Waals surface area (Å²) in [5.74, 6) is 0.860. The first-order valence-corrected chi connectivity index (χ1v) is 7.79. The predicted octanol–water partition coefficient (Wildman–Crippen LogP) is 5.39. The molecule has 0 aromatic heterocycles. The van der Waals surface area contributed by atoms with Crippen LogP contribution in [0, 0.1) is 0 Å². The van der Waals surface area contributed by atoms with Gasteiger partial charge in [-0.1, -0.05) is 40.7 Å². The van der Waals surface area contributed by atoms with Crippen LogP contribution in [0.25, 0.3) is 0 Å². The van der Waals surface area contributed by atoms with Crippen molar-refractivity contribution in [2.75, 3.05) is 11.9 Å². The Balaban J connectivity index is 1.95. The van der Waals surface area contributed by atoms with Gasteiger partial charge in [-0.15, -0.1) is 0 Å². The van der Waals surface area contributed by atoms with E-state index in [4.69, 9.17) is 4.74 Å². The number of anilines is 1. The smallest absolute Gasteiger partial charge is 0.119 e. The van der Waals surface area contributed by atoms with Gasteiger partial charge in [-0.2, -0.15) is 0 Å². The number of hydrogen-bond donors (Lipinski definition) is 1. The average Bonchev–Trinajstić information content (AvgIpc) is 2.45. The van der Waals surface area contributed by atoms with Gasteiger partial charge in [0, 0.05) is 21.2 Å². The number of ether oxygens (including phenoxy) is 1. The lowest BCUT2D eigenvalue weighted by molar-refractivity contribution is 0.363. The second-order valence-corrected chi connectivity index (χ2v) is 5.99. The number of halogens is 2. The van der Waals surface area contributed by atoms with Gasteiger partial charge in [0.1, 0.15) is 12.4 Å². The molecular weight excluding hydrogens is 382 g/mol. The van der Waals surface area contributed by atoms with E-state index in [2.05, 4.69) is 55.9 Å². The molecule has 104 valence electrons. The molecule has 0 aliphatic rings. The van der Waals surface area contributed by atoms with Gasteiger partial charge in [0.15, 0.2) is 0 Å². The third kappa shape index (κ3) is 4.39. The molecule has 0 atom stereocenters. The molecule has 0 radical (unpaired) electrons. The predicted molar refractivity (Wildman–Crippen MR) is 91.3 cm³/mol. The maximum Gasteiger partial charge on any atom is 0.119 e. The standard InChI is InChI=1S/C16H15Br2NO/c1-2-9-20-14-6-3-12(4-7-14)11-19-16-8-5-13(17)10-15(16)18/h2-8,10,19H,1,9,11H2. The molecule has 2 aromatic carbocycles. The summed E-state index contributed by atoms with van der Waals surface area (Å²) in [6, 6.07) is 14.1. The molecule has 2 aromatic rings. The summed E-state index contributed by atoms with van der Waals surface area (Å²) in [6.07, 6.45) is 1.74. The summed E-state index contributed by atoms with van der Waals surface area (Å²) in [4.78, 5) is 0. The maximum absolute atomic E-state index is 5.45. The van der Waals surface area contributed by atoms with Gasteiger partial charge in [0.2, 0.25) is 0 Å². The van der Waals surface area contributed by atoms with Crippen LogP contribution in [0.1, 0.15) is 5.56 Å². The van der Waals surface area contributed by atoms with E-state index in [-0.39, 0.29) is 0 Å². The molecule has 0 saturated heterocycles. The van der Waals surface area contributed by atoms with Crippen LogP contribution in [0.5, 0.6) is 5.75 Å². The molecule has 0 amide bonds. The SMILES string of the molecule is C=CCOc1ccc(CNc2ccc(Br)cc2Br)cc1. The third-order valence-corrected chi connectivity index (χ3v) is 3.85. The minimum Gasteiger partial charge on any atom is -0.490 e. The van der Waals surface area contributed by atoms with Crippen LogP contribution in [0.3, 0.4) is 0 Å². The zero-order valence-electron chi connectivity index (χ0n) is 10.9. The molecule has 0 aliphatic carbocycles. The number of rotatable bonds is 6. The normalized spacial score (nSPS) is 10.1. The van der Waals surface area contributed by atoms with Crippen molar-refractivity contribution >= 4 is 37.5 Å². The first kappa shape index (κ1) is 15.1. The zero-order valence-corrected chi connectivity index (χ0v) is 14.1. The fourth-order valence-electron chi connectivity index (χ4n) is 1.69. The molecule has 0 heterocycles. The number of hydrogen-bond acceptors (Lipinski definition) is 2. The summed E-state index contributed by atoms with van der Waals surface area (Å²) in [7, 11) is 0. The quantitative estimate of drug-likeness (QED) is 0.661. The largest absolute Gasteiger partial charge is 0.490 e. The van der Waals surface area contributed by atoms with E-state index in [0.717, 1.165) is 26.9 Å². The Labute approximate surface area is 136 Å². The van der Waals surface area contributed by atoms with Gasteiger partial charge in [-0.05, 0) is 51.8 Å². The van der Waals surface area contributed by atoms with Gasteiger partial charge in [0.05, 0.1) is 0 Å². The maximum atomic E-state index is 5.45. The summed E-state index contributed by atoms with van der Waals surface area (Å²) in [5, 5.41) is 3.39. The van der Waals surface area contributed by atoms with Gasteiger partial charge < -0.3 is 10.1 Å². The van der Waals surface area contributed by atoms with Gasteiger partial charge in [-0.3, -0.25) is 0 Å². The topological polar surface area (TPSA) is 21.3 Å². The van der Waals surface area contributed by atoms with Crippen molar-refractivity contribution in [3.05, 3.63) is 69.6 Å². The molecule has 20 heavy (non-hydrogen) atoms. The molecule has 0 saturated carbocycles. The van der Waals surface area contributed by atoms with Crippen LogP contribution in [0.4, 0.5) is 5.69 Å². The van der Waals surface area contributed by atoms with Crippen LogP contribution in [-0.4, -0.2) is 6.61 Å². The summed E-state index contributed by atoms with van der Waals surface area (Å²) in [6.45, 7) is 4.92. The van der Waals surface area contributed by atoms with E-state index in [9.17, 15) is 0 Å². The first-order valence-electron chi connectivity index (χ1n) is 6.20. The Morgan fingerprint density at radius 1 is 1.10 bits per heavy atom. The Morgan fingerprint density at radius 2 is 1.85 bits per heavy atom. The van der Waals surface area contributed by atoms with E-state index in [1.165, 1.54) is 5.56 Å². The van der Waals surface area contributed by atoms with E-state index < -0.39 is 0 Å². The van der Waals surface area contributed by atoms with Crippen LogP contribution in [0.15, 0.2) is 64.1 Å². The molecule has 0 fully saturated rings. The summed E-state index contributed by atoms with van der Waals surface area (Å²) < 4.78 is 7.55. The highest BCUT2D eigenvalue weighted by Crippen LogP contribution is 2.26. The molecule has 4 heteroatoms. The highest BCUT2D eigenvalue weighted by Gasteiger charge is 2.01. The highest BCUT2D eigenvalue weighted by atomic mass is 79.9. The van der Waals surface area contributed by atoms with Crippen LogP contribution >= 0.6 is 31.9 Å². The van der Waals surface area contributed by atoms with Crippen molar-refractivity contribution in [2.45, 2.75) is 6.54 Å². The third-order valence-electron chi connectivity index (χ3n) is 2.71. The van der Waals surface area contributed by atoms with Crippen molar-refractivity contribution in [1.29, 1.82) is 0 Å². The molecule has 1 N–H and O–H groups in total. The van der Waals surface area contributed by atoms with Crippen LogP contribution < -0.4 is 10.1 Å². The van der Waals surface area contributed by atoms with Crippen molar-refractivity contribution < 1.29 is 4.74 Å². The van der Waals surface area contributed by atoms with Crippen LogP contribution in [0.2, 0.25) is 0 Å². The Morgan fingerprint density at radius 3 is 2.50 bits per heavy atom. The van der Waals surface area contributed by atoms with E-state index in [1.807, 2.05) is 30.3 Å². The second kappa shape index (κ2) is 7.50. The monoisotopic (exact) mass is 395 g/mol. The summed E-state index contributed by atoms with van der Waals surface area (Å²) >= 11 is 6.98. The minimum absolute atomic E-state index is 0.531. The zero-order chi connectivity index (χ0) is 14.4. The first-order chi connectivity index (χ1) is 9.69. The second-order valence-electron chi connectivity index (χ2n) is 4.22. The van der Waals surface area contributed by atoms with Gasteiger partial charge in [-0.25, -0.2) is 0 Å². The number of nitrogens with one attached hydrogen (secondary N) is 1. The fourth-order valence-corrected chi connectivity index (χ4v) is 2.88. The fraction of sp³-hybridized carbons (Fsp3) is 0.125. The average molecular weight is 397 g/mol. The molecule has 2 nitrogen and oxygen atoms in total. The van der Waals surface area contributed by atoms with Gasteiger partial charge >= 0.3 is 0 Å².